The van der Waals surface area contributed by atoms with Gasteiger partial charge in [0.25, 0.3) is 0 Å². The van der Waals surface area contributed by atoms with E-state index in [0.29, 0.717) is 0 Å². The predicted octanol–water partition coefficient (Wildman–Crippen LogP) is 9.39. The summed E-state index contributed by atoms with van der Waals surface area (Å²) in [7, 11) is 0. The number of fused-ring (bicyclic) bond motifs is 3. The molecule has 41 heavy (non-hydrogen) atoms. The first-order valence-electron chi connectivity index (χ1n) is 12.1. The zero-order valence-electron chi connectivity index (χ0n) is 20.5. The van der Waals surface area contributed by atoms with Crippen LogP contribution in [0.15, 0.2) is 91.0 Å². The van der Waals surface area contributed by atoms with Gasteiger partial charge in [-0.05, 0) is 0 Å². The number of benzene rings is 5. The van der Waals surface area contributed by atoms with Crippen LogP contribution in [0.2, 0.25) is 30.1 Å². The first-order valence-corrected chi connectivity index (χ1v) is 20.3. The van der Waals surface area contributed by atoms with Crippen molar-refractivity contribution in [2.45, 2.75) is 0 Å². The van der Waals surface area contributed by atoms with Crippen LogP contribution in [0.4, 0.5) is 0 Å². The van der Waals surface area contributed by atoms with Crippen LogP contribution in [0.1, 0.15) is 0 Å². The summed E-state index contributed by atoms with van der Waals surface area (Å²) in [6.45, 7) is 0. The molecular weight excluding hydrogens is 759 g/mol. The molecule has 0 saturated carbocycles. The average Bonchev–Trinajstić information content (AvgIpc) is 3.42. The molecule has 4 nitrogen and oxygen atoms in total. The van der Waals surface area contributed by atoms with Gasteiger partial charge in [-0.1, -0.05) is 0 Å². The molecule has 7 rings (SSSR count). The van der Waals surface area contributed by atoms with Crippen molar-refractivity contribution >= 4 is 98.4 Å². The molecule has 0 unspecified atom stereocenters. The van der Waals surface area contributed by atoms with Crippen LogP contribution in [-0.2, 0) is 0 Å². The molecule has 5 aromatic rings. The van der Waals surface area contributed by atoms with Gasteiger partial charge in [0, 0.05) is 0 Å². The molecule has 206 valence electrons. The molecule has 0 radical (unpaired) electrons. The molecule has 2 aliphatic rings. The van der Waals surface area contributed by atoms with Crippen LogP contribution >= 0.6 is 69.6 Å². The van der Waals surface area contributed by atoms with Gasteiger partial charge in [-0.2, -0.15) is 0 Å². The van der Waals surface area contributed by atoms with Crippen LogP contribution in [0.5, 0.6) is 34.5 Å². The van der Waals surface area contributed by atoms with E-state index in [1.807, 2.05) is 91.0 Å². The number of halogens is 6. The molecule has 5 aromatic carbocycles. The summed E-state index contributed by atoms with van der Waals surface area (Å²) in [6.07, 6.45) is 0. The SMILES string of the molecule is Clc1c(Cl)c(Cl)c2c(c1Cl)Oc1c(Cl)c3c(c(Cl)c1O2)[O][Sb]([c]1ccccc1)([c]1ccccc1)([c]1ccccc1)[O]3. The molecule has 0 atom stereocenters. The third kappa shape index (κ3) is 3.75. The van der Waals surface area contributed by atoms with Crippen LogP contribution in [-0.4, -0.2) is 18.2 Å². The Balaban J connectivity index is 1.54. The second kappa shape index (κ2) is 9.96. The quantitative estimate of drug-likeness (QED) is 0.102. The average molecular weight is 774 g/mol. The van der Waals surface area contributed by atoms with E-state index in [1.165, 1.54) is 0 Å². The van der Waals surface area contributed by atoms with Crippen LogP contribution < -0.4 is 26.0 Å². The van der Waals surface area contributed by atoms with Gasteiger partial charge in [0.15, 0.2) is 0 Å². The van der Waals surface area contributed by atoms with Gasteiger partial charge in [0.2, 0.25) is 0 Å². The Bertz CT molecular complexity index is 1700. The number of hydrogen-bond acceptors (Lipinski definition) is 4. The Labute approximate surface area is 267 Å². The maximum atomic E-state index is 7.22. The molecule has 2 heterocycles. The normalized spacial score (nSPS) is 16.4. The molecule has 2 aliphatic heterocycles. The van der Waals surface area contributed by atoms with Gasteiger partial charge in [0.1, 0.15) is 0 Å². The van der Waals surface area contributed by atoms with Crippen LogP contribution in [0.25, 0.3) is 0 Å². The van der Waals surface area contributed by atoms with Gasteiger partial charge in [0.05, 0.1) is 0 Å². The molecule has 0 spiro atoms. The Kier molecular flexibility index (Phi) is 6.72. The molecular formula is C30H15Cl6O4Sb. The second-order valence-electron chi connectivity index (χ2n) is 9.21. The van der Waals surface area contributed by atoms with Gasteiger partial charge < -0.3 is 0 Å². The van der Waals surface area contributed by atoms with Gasteiger partial charge >= 0.3 is 270 Å². The summed E-state index contributed by atoms with van der Waals surface area (Å²) < 4.78 is 29.4. The molecule has 0 saturated heterocycles. The Morgan fingerprint density at radius 1 is 0.341 bits per heavy atom. The topological polar surface area (TPSA) is 36.9 Å². The summed E-state index contributed by atoms with van der Waals surface area (Å²) in [4.78, 5) is 0. The zero-order chi connectivity index (χ0) is 28.5. The summed E-state index contributed by atoms with van der Waals surface area (Å²) in [6, 6.07) is 29.5. The molecule has 0 N–H and O–H groups in total. The maximum absolute atomic E-state index is 7.22. The van der Waals surface area contributed by atoms with Crippen LogP contribution in [0.3, 0.4) is 0 Å². The van der Waals surface area contributed by atoms with Crippen molar-refractivity contribution in [3.05, 3.63) is 121 Å². The third-order valence-electron chi connectivity index (χ3n) is 7.01. The van der Waals surface area contributed by atoms with Crippen molar-refractivity contribution in [2.75, 3.05) is 0 Å². The first-order chi connectivity index (χ1) is 19.8. The number of ether oxygens (including phenoxy) is 2. The fraction of sp³-hybridized carbons (Fsp3) is 0. The number of hydrogen-bond donors (Lipinski definition) is 0. The molecule has 11 heteroatoms. The molecule has 0 fully saturated rings. The number of rotatable bonds is 3. The van der Waals surface area contributed by atoms with E-state index in [0.717, 1.165) is 10.5 Å². The third-order valence-corrected chi connectivity index (χ3v) is 23.1. The van der Waals surface area contributed by atoms with E-state index in [-0.39, 0.29) is 64.6 Å². The van der Waals surface area contributed by atoms with Crippen LogP contribution in [0, 0.1) is 0 Å². The molecule has 0 bridgehead atoms. The predicted molar refractivity (Wildman–Crippen MR) is 168 cm³/mol. The van der Waals surface area contributed by atoms with E-state index in [2.05, 4.69) is 0 Å². The van der Waals surface area contributed by atoms with Crippen molar-refractivity contribution in [2.24, 2.45) is 0 Å². The second-order valence-corrected chi connectivity index (χ2v) is 22.4. The van der Waals surface area contributed by atoms with E-state index in [1.54, 1.807) is 0 Å². The van der Waals surface area contributed by atoms with E-state index in [4.69, 9.17) is 85.1 Å². The minimum absolute atomic E-state index is 0.00820. The standard InChI is InChI=1S/C12H2Cl6O4.3C6H5.Sb/c13-1-2(14)4(16)10-9(3(1)15)21-11-5(17)7(19)8(20)6(18)12(11)22-10;3*1-2-4-6-5-3-1;/h19-20H;3*1-5H;/q;;;;+2/p-2. The van der Waals surface area contributed by atoms with E-state index >= 15 is 0 Å². The summed E-state index contributed by atoms with van der Waals surface area (Å²) >= 11 is 34.2. The first kappa shape index (κ1) is 27.7. The molecule has 0 aliphatic carbocycles. The van der Waals surface area contributed by atoms with E-state index in [9.17, 15) is 0 Å². The summed E-state index contributed by atoms with van der Waals surface area (Å²) in [5.74, 6) is 0.702. The fourth-order valence-corrected chi connectivity index (χ4v) is 20.4. The zero-order valence-corrected chi connectivity index (χ0v) is 27.6. The Hall–Kier alpha value is -2.14. The minimum atomic E-state index is -5.42. The fourth-order valence-electron chi connectivity index (χ4n) is 5.15. The monoisotopic (exact) mass is 770 g/mol. The van der Waals surface area contributed by atoms with Crippen molar-refractivity contribution < 1.29 is 15.5 Å². The summed E-state index contributed by atoms with van der Waals surface area (Å²) in [5.41, 5.74) is 0. The van der Waals surface area contributed by atoms with Crippen molar-refractivity contribution in [1.82, 2.24) is 0 Å². The Morgan fingerprint density at radius 2 is 0.634 bits per heavy atom. The summed E-state index contributed by atoms with van der Waals surface area (Å²) in [5, 5.41) is 0.211. The van der Waals surface area contributed by atoms with Crippen molar-refractivity contribution in [1.29, 1.82) is 0 Å². The van der Waals surface area contributed by atoms with Gasteiger partial charge in [-0.25, -0.2) is 0 Å². The van der Waals surface area contributed by atoms with E-state index < -0.39 is 18.2 Å². The molecule has 0 aromatic heterocycles. The van der Waals surface area contributed by atoms with Gasteiger partial charge in [-0.15, -0.1) is 0 Å². The van der Waals surface area contributed by atoms with Crippen molar-refractivity contribution in [3.63, 3.8) is 0 Å². The van der Waals surface area contributed by atoms with Crippen molar-refractivity contribution in [3.8, 4) is 34.5 Å². The van der Waals surface area contributed by atoms with Gasteiger partial charge in [-0.3, -0.25) is 0 Å². The Morgan fingerprint density at radius 3 is 0.951 bits per heavy atom. The molecule has 0 amide bonds.